The molecule has 0 unspecified atom stereocenters. The van der Waals surface area contributed by atoms with Gasteiger partial charge in [0, 0.05) is 13.2 Å². The molecular weight excluding hydrogens is 336 g/mol. The SMILES string of the molecule is Cn1cc(-c2nc3sc4c(c3c(=O)[nH]2)CCCS4)c(=O)[nH]c1=O. The van der Waals surface area contributed by atoms with Gasteiger partial charge in [0.15, 0.2) is 0 Å². The minimum Gasteiger partial charge on any atom is -0.306 e. The summed E-state index contributed by atoms with van der Waals surface area (Å²) in [4.78, 5) is 45.9. The van der Waals surface area contributed by atoms with Gasteiger partial charge in [0.1, 0.15) is 10.7 Å². The average molecular weight is 348 g/mol. The van der Waals surface area contributed by atoms with Crippen molar-refractivity contribution in [2.45, 2.75) is 17.1 Å². The highest BCUT2D eigenvalue weighted by Crippen LogP contribution is 2.40. The Morgan fingerprint density at radius 3 is 2.87 bits per heavy atom. The number of H-pyrrole nitrogens is 2. The van der Waals surface area contributed by atoms with Gasteiger partial charge in [-0.25, -0.2) is 9.78 Å². The molecule has 0 bridgehead atoms. The van der Waals surface area contributed by atoms with E-state index in [2.05, 4.69) is 15.0 Å². The number of nitrogens with one attached hydrogen (secondary N) is 2. The first-order chi connectivity index (χ1) is 11.0. The third-order valence-corrected chi connectivity index (χ3v) is 6.32. The predicted octanol–water partition coefficient (Wildman–Crippen LogP) is 1.08. The topological polar surface area (TPSA) is 101 Å². The van der Waals surface area contributed by atoms with Gasteiger partial charge in [-0.1, -0.05) is 0 Å². The molecule has 4 rings (SSSR count). The van der Waals surface area contributed by atoms with Crippen LogP contribution < -0.4 is 16.8 Å². The summed E-state index contributed by atoms with van der Waals surface area (Å²) in [6.45, 7) is 0. The summed E-state index contributed by atoms with van der Waals surface area (Å²) in [6.07, 6.45) is 3.31. The largest absolute Gasteiger partial charge is 0.328 e. The first kappa shape index (κ1) is 14.5. The lowest BCUT2D eigenvalue weighted by Gasteiger charge is -2.09. The average Bonchev–Trinajstić information content (AvgIpc) is 2.89. The molecule has 0 saturated carbocycles. The smallest absolute Gasteiger partial charge is 0.306 e. The van der Waals surface area contributed by atoms with Crippen LogP contribution in [0.25, 0.3) is 21.6 Å². The predicted molar refractivity (Wildman–Crippen MR) is 90.6 cm³/mol. The monoisotopic (exact) mass is 348 g/mol. The molecule has 3 aromatic rings. The van der Waals surface area contributed by atoms with Crippen LogP contribution in [0.1, 0.15) is 12.0 Å². The van der Waals surface area contributed by atoms with Crippen molar-refractivity contribution in [3.8, 4) is 11.4 Å². The fraction of sp³-hybridized carbons (Fsp3) is 0.286. The second-order valence-corrected chi connectivity index (χ2v) is 7.69. The molecule has 23 heavy (non-hydrogen) atoms. The second-order valence-electron chi connectivity index (χ2n) is 5.33. The summed E-state index contributed by atoms with van der Waals surface area (Å²) in [7, 11) is 1.53. The molecule has 0 aliphatic carbocycles. The first-order valence-electron chi connectivity index (χ1n) is 7.03. The van der Waals surface area contributed by atoms with Crippen LogP contribution in [0.2, 0.25) is 0 Å². The highest BCUT2D eigenvalue weighted by molar-refractivity contribution is 8.01. The Balaban J connectivity index is 2.00. The van der Waals surface area contributed by atoms with E-state index < -0.39 is 11.2 Å². The van der Waals surface area contributed by atoms with Crippen molar-refractivity contribution in [3.63, 3.8) is 0 Å². The van der Waals surface area contributed by atoms with E-state index in [1.165, 1.54) is 29.1 Å². The van der Waals surface area contributed by atoms with Gasteiger partial charge >= 0.3 is 5.69 Å². The Morgan fingerprint density at radius 2 is 2.04 bits per heavy atom. The van der Waals surface area contributed by atoms with E-state index in [0.29, 0.717) is 10.2 Å². The van der Waals surface area contributed by atoms with E-state index in [1.807, 2.05) is 0 Å². The minimum absolute atomic E-state index is 0.171. The lowest BCUT2D eigenvalue weighted by molar-refractivity contribution is 0.800. The summed E-state index contributed by atoms with van der Waals surface area (Å²) in [5.74, 6) is 1.23. The van der Waals surface area contributed by atoms with Gasteiger partial charge < -0.3 is 9.55 Å². The van der Waals surface area contributed by atoms with Crippen LogP contribution in [0.4, 0.5) is 0 Å². The van der Waals surface area contributed by atoms with E-state index in [1.54, 1.807) is 11.8 Å². The van der Waals surface area contributed by atoms with Crippen molar-refractivity contribution in [3.05, 3.63) is 43.0 Å². The van der Waals surface area contributed by atoms with E-state index in [-0.39, 0.29) is 16.9 Å². The van der Waals surface area contributed by atoms with Gasteiger partial charge in [0.25, 0.3) is 11.1 Å². The molecule has 0 atom stereocenters. The van der Waals surface area contributed by atoms with Gasteiger partial charge in [0.05, 0.1) is 15.2 Å². The van der Waals surface area contributed by atoms with E-state index >= 15 is 0 Å². The maximum absolute atomic E-state index is 12.5. The van der Waals surface area contributed by atoms with Crippen molar-refractivity contribution in [1.29, 1.82) is 0 Å². The number of fused-ring (bicyclic) bond motifs is 3. The summed E-state index contributed by atoms with van der Waals surface area (Å²) in [5.41, 5.74) is -0.0734. The first-order valence-corrected chi connectivity index (χ1v) is 8.83. The number of aromatic amines is 2. The lowest BCUT2D eigenvalue weighted by atomic mass is 10.1. The Labute approximate surface area is 137 Å². The molecule has 2 N–H and O–H groups in total. The van der Waals surface area contributed by atoms with Crippen LogP contribution in [-0.4, -0.2) is 25.3 Å². The highest BCUT2D eigenvalue weighted by atomic mass is 32.2. The molecule has 0 aromatic carbocycles. The molecule has 3 aromatic heterocycles. The standard InChI is InChI=1S/C14H12N4O3S2/c1-18-5-7(10(19)17-14(18)21)9-15-11(20)8-6-3-2-4-22-13(6)23-12(8)16-9/h5H,2-4H2,1H3,(H,15,16,20)(H,17,19,21). The highest BCUT2D eigenvalue weighted by Gasteiger charge is 2.21. The number of thiophene rings is 1. The summed E-state index contributed by atoms with van der Waals surface area (Å²) < 4.78 is 2.38. The molecule has 0 radical (unpaired) electrons. The van der Waals surface area contributed by atoms with Crippen molar-refractivity contribution in [1.82, 2.24) is 19.5 Å². The van der Waals surface area contributed by atoms with Gasteiger partial charge in [0.2, 0.25) is 0 Å². The molecule has 7 nitrogen and oxygen atoms in total. The molecule has 0 saturated heterocycles. The fourth-order valence-corrected chi connectivity index (χ4v) is 5.19. The Hall–Kier alpha value is -2.13. The summed E-state index contributed by atoms with van der Waals surface area (Å²) in [6, 6.07) is 0. The molecule has 0 spiro atoms. The van der Waals surface area contributed by atoms with Gasteiger partial charge in [-0.15, -0.1) is 23.1 Å². The fourth-order valence-electron chi connectivity index (χ4n) is 2.66. The van der Waals surface area contributed by atoms with Crippen LogP contribution in [0, 0.1) is 0 Å². The molecule has 4 heterocycles. The van der Waals surface area contributed by atoms with Crippen LogP contribution >= 0.6 is 23.1 Å². The van der Waals surface area contributed by atoms with Crippen molar-refractivity contribution in [2.24, 2.45) is 7.05 Å². The molecule has 1 aliphatic heterocycles. The van der Waals surface area contributed by atoms with Gasteiger partial charge in [-0.3, -0.25) is 14.6 Å². The van der Waals surface area contributed by atoms with Crippen LogP contribution in [0.5, 0.6) is 0 Å². The third-order valence-electron chi connectivity index (χ3n) is 3.79. The normalized spacial score (nSPS) is 14.1. The maximum Gasteiger partial charge on any atom is 0.328 e. The Morgan fingerprint density at radius 1 is 1.22 bits per heavy atom. The maximum atomic E-state index is 12.5. The number of aryl methyl sites for hydroxylation is 2. The minimum atomic E-state index is -0.564. The van der Waals surface area contributed by atoms with Crippen LogP contribution in [0.15, 0.2) is 24.8 Å². The van der Waals surface area contributed by atoms with E-state index in [9.17, 15) is 14.4 Å². The zero-order valence-corrected chi connectivity index (χ0v) is 13.8. The molecule has 0 fully saturated rings. The summed E-state index contributed by atoms with van der Waals surface area (Å²) >= 11 is 3.23. The van der Waals surface area contributed by atoms with Crippen LogP contribution in [-0.2, 0) is 13.5 Å². The van der Waals surface area contributed by atoms with E-state index in [4.69, 9.17) is 0 Å². The van der Waals surface area contributed by atoms with Crippen molar-refractivity contribution < 1.29 is 0 Å². The third kappa shape index (κ3) is 2.27. The Kier molecular flexibility index (Phi) is 3.27. The van der Waals surface area contributed by atoms with Gasteiger partial charge in [-0.2, -0.15) is 0 Å². The molecule has 1 aliphatic rings. The van der Waals surface area contributed by atoms with Gasteiger partial charge in [-0.05, 0) is 24.2 Å². The number of nitrogens with zero attached hydrogens (tertiary/aromatic N) is 2. The summed E-state index contributed by atoms with van der Waals surface area (Å²) in [5, 5.41) is 0.627. The van der Waals surface area contributed by atoms with E-state index in [0.717, 1.165) is 28.4 Å². The lowest BCUT2D eigenvalue weighted by Crippen LogP contribution is -2.29. The number of hydrogen-bond acceptors (Lipinski definition) is 6. The zero-order chi connectivity index (χ0) is 16.1. The Bertz CT molecular complexity index is 1110. The number of thioether (sulfide) groups is 1. The molecule has 0 amide bonds. The quantitative estimate of drug-likeness (QED) is 0.685. The zero-order valence-electron chi connectivity index (χ0n) is 12.1. The van der Waals surface area contributed by atoms with Crippen molar-refractivity contribution in [2.75, 3.05) is 5.75 Å². The number of rotatable bonds is 1. The number of aromatic nitrogens is 4. The molecule has 118 valence electrons. The number of hydrogen-bond donors (Lipinski definition) is 2. The van der Waals surface area contributed by atoms with Crippen molar-refractivity contribution >= 4 is 33.3 Å². The second kappa shape index (κ2) is 5.20. The van der Waals surface area contributed by atoms with Crippen LogP contribution in [0.3, 0.4) is 0 Å². The molecular formula is C14H12N4O3S2. The molecule has 9 heteroatoms.